The lowest BCUT2D eigenvalue weighted by atomic mass is 10.2. The van der Waals surface area contributed by atoms with E-state index in [4.69, 9.17) is 0 Å². The minimum Gasteiger partial charge on any atom is -0.342 e. The standard InChI is InChI=1S/C24H25N5O2S/c1-28-23(26-27-24(28)32-17-22(31)29-15-5-6-16-29)19-10-12-20(13-11-19)25-21(30)14-9-18-7-3-2-4-8-18/h2-4,7-14H,5-6,15-17H2,1H3,(H,25,30). The summed E-state index contributed by atoms with van der Waals surface area (Å²) >= 11 is 1.41. The molecule has 164 valence electrons. The van der Waals surface area contributed by atoms with Gasteiger partial charge in [0.25, 0.3) is 0 Å². The van der Waals surface area contributed by atoms with E-state index in [2.05, 4.69) is 15.5 Å². The van der Waals surface area contributed by atoms with E-state index in [0.717, 1.165) is 37.1 Å². The van der Waals surface area contributed by atoms with Crippen LogP contribution in [-0.4, -0.2) is 50.3 Å². The fourth-order valence-corrected chi connectivity index (χ4v) is 4.31. The zero-order chi connectivity index (χ0) is 22.3. The van der Waals surface area contributed by atoms with E-state index in [1.165, 1.54) is 17.8 Å². The Labute approximate surface area is 191 Å². The Morgan fingerprint density at radius 1 is 1.03 bits per heavy atom. The van der Waals surface area contributed by atoms with Crippen molar-refractivity contribution in [2.24, 2.45) is 7.05 Å². The Hall–Kier alpha value is -3.39. The van der Waals surface area contributed by atoms with Crippen molar-refractivity contribution in [1.82, 2.24) is 19.7 Å². The number of likely N-dealkylation sites (tertiary alicyclic amines) is 1. The predicted octanol–water partition coefficient (Wildman–Crippen LogP) is 3.85. The Kier molecular flexibility index (Phi) is 7.01. The molecule has 32 heavy (non-hydrogen) atoms. The average molecular weight is 448 g/mol. The number of carbonyl (C=O) groups is 2. The van der Waals surface area contributed by atoms with E-state index in [1.54, 1.807) is 6.08 Å². The summed E-state index contributed by atoms with van der Waals surface area (Å²) in [5.41, 5.74) is 2.55. The first-order chi connectivity index (χ1) is 15.6. The van der Waals surface area contributed by atoms with E-state index in [-0.39, 0.29) is 11.8 Å². The molecule has 0 spiro atoms. The summed E-state index contributed by atoms with van der Waals surface area (Å²) in [6.45, 7) is 1.71. The molecule has 1 saturated heterocycles. The van der Waals surface area contributed by atoms with Gasteiger partial charge in [-0.25, -0.2) is 0 Å². The second-order valence-electron chi connectivity index (χ2n) is 7.55. The largest absolute Gasteiger partial charge is 0.342 e. The summed E-state index contributed by atoms with van der Waals surface area (Å²) in [6, 6.07) is 17.1. The van der Waals surface area contributed by atoms with E-state index in [1.807, 2.05) is 71.1 Å². The molecular formula is C24H25N5O2S. The summed E-state index contributed by atoms with van der Waals surface area (Å²) in [7, 11) is 1.89. The predicted molar refractivity (Wildman–Crippen MR) is 127 cm³/mol. The molecule has 2 amide bonds. The van der Waals surface area contributed by atoms with E-state index in [9.17, 15) is 9.59 Å². The monoisotopic (exact) mass is 447 g/mol. The van der Waals surface area contributed by atoms with Gasteiger partial charge in [-0.1, -0.05) is 42.1 Å². The first-order valence-corrected chi connectivity index (χ1v) is 11.5. The molecule has 1 aliphatic heterocycles. The highest BCUT2D eigenvalue weighted by molar-refractivity contribution is 7.99. The number of carbonyl (C=O) groups excluding carboxylic acids is 2. The van der Waals surface area contributed by atoms with E-state index >= 15 is 0 Å². The number of thioether (sulfide) groups is 1. The number of amides is 2. The van der Waals surface area contributed by atoms with Crippen molar-refractivity contribution in [1.29, 1.82) is 0 Å². The molecule has 0 radical (unpaired) electrons. The van der Waals surface area contributed by atoms with Crippen molar-refractivity contribution < 1.29 is 9.59 Å². The maximum atomic E-state index is 12.3. The van der Waals surface area contributed by atoms with Crippen LogP contribution in [0.2, 0.25) is 0 Å². The van der Waals surface area contributed by atoms with Crippen LogP contribution >= 0.6 is 11.8 Å². The topological polar surface area (TPSA) is 80.1 Å². The number of nitrogens with one attached hydrogen (secondary N) is 1. The molecule has 1 fully saturated rings. The van der Waals surface area contributed by atoms with Gasteiger partial charge < -0.3 is 14.8 Å². The zero-order valence-electron chi connectivity index (χ0n) is 17.9. The highest BCUT2D eigenvalue weighted by Gasteiger charge is 2.19. The normalized spacial score (nSPS) is 13.6. The zero-order valence-corrected chi connectivity index (χ0v) is 18.7. The number of rotatable bonds is 7. The molecule has 0 saturated carbocycles. The molecule has 0 atom stereocenters. The van der Waals surface area contributed by atoms with Crippen LogP contribution in [-0.2, 0) is 16.6 Å². The number of hydrogen-bond acceptors (Lipinski definition) is 5. The van der Waals surface area contributed by atoms with Gasteiger partial charge in [-0.15, -0.1) is 10.2 Å². The van der Waals surface area contributed by atoms with Crippen LogP contribution in [0.1, 0.15) is 18.4 Å². The van der Waals surface area contributed by atoms with Gasteiger partial charge in [-0.2, -0.15) is 0 Å². The minimum atomic E-state index is -0.193. The number of benzene rings is 2. The first kappa shape index (κ1) is 21.8. The third kappa shape index (κ3) is 5.45. The van der Waals surface area contributed by atoms with E-state index < -0.39 is 0 Å². The highest BCUT2D eigenvalue weighted by atomic mass is 32.2. The van der Waals surface area contributed by atoms with Crippen LogP contribution in [0.15, 0.2) is 65.8 Å². The second-order valence-corrected chi connectivity index (χ2v) is 8.49. The Bertz CT molecular complexity index is 1100. The number of aromatic nitrogens is 3. The van der Waals surface area contributed by atoms with Crippen molar-refractivity contribution in [3.05, 3.63) is 66.2 Å². The summed E-state index contributed by atoms with van der Waals surface area (Å²) in [4.78, 5) is 26.3. The molecular weight excluding hydrogens is 422 g/mol. The molecule has 1 aliphatic rings. The molecule has 0 unspecified atom stereocenters. The van der Waals surface area contributed by atoms with Gasteiger partial charge in [-0.3, -0.25) is 9.59 Å². The summed E-state index contributed by atoms with van der Waals surface area (Å²) in [5.74, 6) is 1.04. The minimum absolute atomic E-state index is 0.151. The van der Waals surface area contributed by atoms with Crippen LogP contribution in [0.25, 0.3) is 17.5 Å². The highest BCUT2D eigenvalue weighted by Crippen LogP contribution is 2.24. The second kappa shape index (κ2) is 10.3. The Morgan fingerprint density at radius 2 is 1.75 bits per heavy atom. The fourth-order valence-electron chi connectivity index (χ4n) is 3.50. The third-order valence-electron chi connectivity index (χ3n) is 5.26. The molecule has 1 aromatic heterocycles. The van der Waals surface area contributed by atoms with Crippen molar-refractivity contribution in [3.8, 4) is 11.4 Å². The van der Waals surface area contributed by atoms with Crippen LogP contribution in [0.3, 0.4) is 0 Å². The molecule has 2 heterocycles. The van der Waals surface area contributed by atoms with Crippen molar-refractivity contribution in [3.63, 3.8) is 0 Å². The first-order valence-electron chi connectivity index (χ1n) is 10.5. The molecule has 0 aliphatic carbocycles. The SMILES string of the molecule is Cn1c(SCC(=O)N2CCCC2)nnc1-c1ccc(NC(=O)C=Cc2ccccc2)cc1. The maximum Gasteiger partial charge on any atom is 0.248 e. The molecule has 2 aromatic carbocycles. The lowest BCUT2D eigenvalue weighted by Crippen LogP contribution is -2.29. The van der Waals surface area contributed by atoms with Gasteiger partial charge in [0, 0.05) is 37.5 Å². The lowest BCUT2D eigenvalue weighted by molar-refractivity contribution is -0.127. The number of anilines is 1. The molecule has 1 N–H and O–H groups in total. The molecule has 3 aromatic rings. The number of nitrogens with zero attached hydrogens (tertiary/aromatic N) is 4. The van der Waals surface area contributed by atoms with Crippen LogP contribution < -0.4 is 5.32 Å². The van der Waals surface area contributed by atoms with Crippen molar-refractivity contribution in [2.45, 2.75) is 18.0 Å². The van der Waals surface area contributed by atoms with E-state index in [0.29, 0.717) is 22.4 Å². The van der Waals surface area contributed by atoms with Gasteiger partial charge in [0.2, 0.25) is 11.8 Å². The van der Waals surface area contributed by atoms with Gasteiger partial charge in [0.1, 0.15) is 0 Å². The molecule has 0 bridgehead atoms. The quantitative estimate of drug-likeness (QED) is 0.440. The Morgan fingerprint density at radius 3 is 2.47 bits per heavy atom. The van der Waals surface area contributed by atoms with Crippen LogP contribution in [0.4, 0.5) is 5.69 Å². The molecule has 4 rings (SSSR count). The lowest BCUT2D eigenvalue weighted by Gasteiger charge is -2.14. The van der Waals surface area contributed by atoms with Crippen LogP contribution in [0, 0.1) is 0 Å². The summed E-state index contributed by atoms with van der Waals surface area (Å²) in [6.07, 6.45) is 5.46. The number of hydrogen-bond donors (Lipinski definition) is 1. The van der Waals surface area contributed by atoms with Gasteiger partial charge in [-0.05, 0) is 48.7 Å². The third-order valence-corrected chi connectivity index (χ3v) is 6.26. The Balaban J connectivity index is 1.35. The average Bonchev–Trinajstić information content (AvgIpc) is 3.48. The van der Waals surface area contributed by atoms with Crippen molar-refractivity contribution >= 4 is 35.3 Å². The van der Waals surface area contributed by atoms with Gasteiger partial charge in [0.15, 0.2) is 11.0 Å². The van der Waals surface area contributed by atoms with Gasteiger partial charge >= 0.3 is 0 Å². The summed E-state index contributed by atoms with van der Waals surface area (Å²) in [5, 5.41) is 12.1. The fraction of sp³-hybridized carbons (Fsp3) is 0.250. The van der Waals surface area contributed by atoms with Crippen LogP contribution in [0.5, 0.6) is 0 Å². The maximum absolute atomic E-state index is 12.3. The van der Waals surface area contributed by atoms with Gasteiger partial charge in [0.05, 0.1) is 5.75 Å². The molecule has 7 nitrogen and oxygen atoms in total. The smallest absolute Gasteiger partial charge is 0.248 e. The van der Waals surface area contributed by atoms with Crippen molar-refractivity contribution in [2.75, 3.05) is 24.2 Å². The molecule has 8 heteroatoms. The summed E-state index contributed by atoms with van der Waals surface area (Å²) < 4.78 is 1.89.